The zero-order valence-corrected chi connectivity index (χ0v) is 24.0. The molecular formula is C32H42N4O3. The predicted molar refractivity (Wildman–Crippen MR) is 158 cm³/mol. The van der Waals surface area contributed by atoms with Crippen LogP contribution in [0.1, 0.15) is 60.9 Å². The predicted octanol–water partition coefficient (Wildman–Crippen LogP) is 5.83. The van der Waals surface area contributed by atoms with Gasteiger partial charge in [0, 0.05) is 38.2 Å². The Morgan fingerprint density at radius 2 is 1.85 bits per heavy atom. The lowest BCUT2D eigenvalue weighted by molar-refractivity contribution is -0.151. The molecule has 3 aromatic rings. The van der Waals surface area contributed by atoms with Crippen molar-refractivity contribution in [2.75, 3.05) is 31.4 Å². The summed E-state index contributed by atoms with van der Waals surface area (Å²) < 4.78 is 11.6. The number of carbonyl (C=O) groups excluding carboxylic acids is 1. The zero-order chi connectivity index (χ0) is 28.2. The largest absolute Gasteiger partial charge is 0.489 e. The molecule has 208 valence electrons. The van der Waals surface area contributed by atoms with Gasteiger partial charge in [-0.1, -0.05) is 49.4 Å². The van der Waals surface area contributed by atoms with Crippen molar-refractivity contribution >= 4 is 17.3 Å². The minimum Gasteiger partial charge on any atom is -0.489 e. The van der Waals surface area contributed by atoms with Gasteiger partial charge in [-0.25, -0.2) is 0 Å². The van der Waals surface area contributed by atoms with Crippen molar-refractivity contribution in [3.8, 4) is 5.75 Å². The van der Waals surface area contributed by atoms with Gasteiger partial charge in [0.15, 0.2) is 0 Å². The molecule has 3 aromatic carbocycles. The number of nitrogen functional groups attached to an aromatic ring is 1. The molecule has 0 bridgehead atoms. The molecule has 0 saturated carbocycles. The van der Waals surface area contributed by atoms with Gasteiger partial charge < -0.3 is 20.2 Å². The number of hydrogen-bond donors (Lipinski definition) is 3. The number of methoxy groups -OCH3 is 1. The molecule has 4 N–H and O–H groups in total. The van der Waals surface area contributed by atoms with Crippen molar-refractivity contribution in [2.45, 2.75) is 59.2 Å². The van der Waals surface area contributed by atoms with Crippen LogP contribution in [0.4, 0.5) is 11.4 Å². The van der Waals surface area contributed by atoms with E-state index in [2.05, 4.69) is 72.0 Å². The van der Waals surface area contributed by atoms with Crippen LogP contribution in [-0.4, -0.2) is 37.7 Å². The Labute approximate surface area is 232 Å². The number of nitrogens with zero attached hydrogens (tertiary/aromatic N) is 1. The number of hydrogen-bond acceptors (Lipinski definition) is 7. The molecule has 0 aromatic heterocycles. The second-order valence-electron chi connectivity index (χ2n) is 11.0. The highest BCUT2D eigenvalue weighted by atomic mass is 16.5. The van der Waals surface area contributed by atoms with E-state index in [1.54, 1.807) is 0 Å². The molecule has 0 amide bonds. The van der Waals surface area contributed by atoms with E-state index in [0.29, 0.717) is 0 Å². The Hall–Kier alpha value is -3.55. The monoisotopic (exact) mass is 530 g/mol. The van der Waals surface area contributed by atoms with Crippen molar-refractivity contribution in [1.29, 1.82) is 0 Å². The number of nitrogens with two attached hydrogens (primary N) is 1. The van der Waals surface area contributed by atoms with Crippen molar-refractivity contribution in [3.63, 3.8) is 0 Å². The van der Waals surface area contributed by atoms with Crippen LogP contribution in [0.15, 0.2) is 60.7 Å². The Kier molecular flexibility index (Phi) is 8.83. The lowest BCUT2D eigenvalue weighted by Crippen LogP contribution is -2.34. The SMILES string of the molecule is CC[C@@H]1CN(Cc2cc(C(c3ccc(NC)c(NN)c3)C(C)(C)C(=O)OC)ccc2C)Cc2ccccc2O1. The normalized spacial score (nSPS) is 16.4. The summed E-state index contributed by atoms with van der Waals surface area (Å²) in [5.41, 5.74) is 9.31. The van der Waals surface area contributed by atoms with Gasteiger partial charge in [-0.15, -0.1) is 0 Å². The molecule has 0 saturated heterocycles. The molecule has 0 fully saturated rings. The molecule has 1 unspecified atom stereocenters. The summed E-state index contributed by atoms with van der Waals surface area (Å²) in [4.78, 5) is 15.6. The summed E-state index contributed by atoms with van der Waals surface area (Å²) >= 11 is 0. The van der Waals surface area contributed by atoms with E-state index in [9.17, 15) is 4.79 Å². The van der Waals surface area contributed by atoms with Crippen LogP contribution < -0.4 is 21.3 Å². The first-order valence-electron chi connectivity index (χ1n) is 13.6. The Morgan fingerprint density at radius 1 is 1.13 bits per heavy atom. The average molecular weight is 531 g/mol. The number of benzene rings is 3. The molecule has 7 nitrogen and oxygen atoms in total. The molecule has 39 heavy (non-hydrogen) atoms. The number of para-hydroxylation sites is 1. The lowest BCUT2D eigenvalue weighted by atomic mass is 9.70. The smallest absolute Gasteiger partial charge is 0.312 e. The molecule has 7 heteroatoms. The molecular weight excluding hydrogens is 488 g/mol. The minimum absolute atomic E-state index is 0.135. The molecule has 0 aliphatic carbocycles. The van der Waals surface area contributed by atoms with E-state index >= 15 is 0 Å². The van der Waals surface area contributed by atoms with Crippen molar-refractivity contribution in [1.82, 2.24) is 4.90 Å². The summed E-state index contributed by atoms with van der Waals surface area (Å²) in [7, 11) is 3.30. The summed E-state index contributed by atoms with van der Waals surface area (Å²) in [6, 6.07) is 20.9. The fourth-order valence-electron chi connectivity index (χ4n) is 5.66. The average Bonchev–Trinajstić information content (AvgIpc) is 3.12. The number of esters is 1. The Morgan fingerprint density at radius 3 is 2.54 bits per heavy atom. The van der Waals surface area contributed by atoms with E-state index in [0.717, 1.165) is 54.3 Å². The quantitative estimate of drug-likeness (QED) is 0.182. The Bertz CT molecular complexity index is 1310. The van der Waals surface area contributed by atoms with Crippen LogP contribution in [0.2, 0.25) is 0 Å². The highest BCUT2D eigenvalue weighted by Crippen LogP contribution is 2.44. The fourth-order valence-corrected chi connectivity index (χ4v) is 5.66. The number of fused-ring (bicyclic) bond motifs is 1. The third-order valence-corrected chi connectivity index (χ3v) is 7.91. The maximum atomic E-state index is 13.1. The number of anilines is 2. The van der Waals surface area contributed by atoms with Crippen LogP contribution in [-0.2, 0) is 22.6 Å². The van der Waals surface area contributed by atoms with E-state index < -0.39 is 5.41 Å². The summed E-state index contributed by atoms with van der Waals surface area (Å²) in [6.45, 7) is 10.7. The van der Waals surface area contributed by atoms with Gasteiger partial charge in [0.25, 0.3) is 0 Å². The second kappa shape index (κ2) is 12.1. The molecule has 4 rings (SSSR count). The zero-order valence-electron chi connectivity index (χ0n) is 24.0. The van der Waals surface area contributed by atoms with Gasteiger partial charge in [-0.2, -0.15) is 0 Å². The van der Waals surface area contributed by atoms with Gasteiger partial charge in [0.05, 0.1) is 23.9 Å². The maximum absolute atomic E-state index is 13.1. The first-order valence-corrected chi connectivity index (χ1v) is 13.6. The van der Waals surface area contributed by atoms with Gasteiger partial charge in [0.2, 0.25) is 0 Å². The minimum atomic E-state index is -0.822. The Balaban J connectivity index is 1.75. The van der Waals surface area contributed by atoms with Crippen LogP contribution in [0, 0.1) is 12.3 Å². The fraction of sp³-hybridized carbons (Fsp3) is 0.406. The second-order valence-corrected chi connectivity index (χ2v) is 11.0. The number of carbonyl (C=O) groups is 1. The van der Waals surface area contributed by atoms with Crippen molar-refractivity contribution in [3.05, 3.63) is 88.5 Å². The van der Waals surface area contributed by atoms with Crippen LogP contribution in [0.25, 0.3) is 0 Å². The number of nitrogens with one attached hydrogen (secondary N) is 2. The number of hydrazine groups is 1. The number of ether oxygens (including phenoxy) is 2. The van der Waals surface area contributed by atoms with Gasteiger partial charge in [-0.3, -0.25) is 15.5 Å². The van der Waals surface area contributed by atoms with Crippen molar-refractivity contribution < 1.29 is 14.3 Å². The van der Waals surface area contributed by atoms with E-state index in [1.165, 1.54) is 23.8 Å². The number of rotatable bonds is 9. The summed E-state index contributed by atoms with van der Waals surface area (Å²) in [5, 5.41) is 3.16. The molecule has 1 aliphatic rings. The van der Waals surface area contributed by atoms with E-state index in [4.69, 9.17) is 15.3 Å². The van der Waals surface area contributed by atoms with Gasteiger partial charge in [-0.05, 0) is 67.6 Å². The lowest BCUT2D eigenvalue weighted by Gasteiger charge is -2.34. The van der Waals surface area contributed by atoms with Crippen LogP contribution in [0.3, 0.4) is 0 Å². The maximum Gasteiger partial charge on any atom is 0.312 e. The highest BCUT2D eigenvalue weighted by Gasteiger charge is 2.40. The molecule has 0 radical (unpaired) electrons. The van der Waals surface area contributed by atoms with Gasteiger partial charge in [0.1, 0.15) is 11.9 Å². The molecule has 2 atom stereocenters. The van der Waals surface area contributed by atoms with Crippen LogP contribution >= 0.6 is 0 Å². The van der Waals surface area contributed by atoms with E-state index in [-0.39, 0.29) is 18.0 Å². The molecule has 0 spiro atoms. The molecule has 1 heterocycles. The van der Waals surface area contributed by atoms with Crippen LogP contribution in [0.5, 0.6) is 5.75 Å². The third kappa shape index (κ3) is 6.05. The van der Waals surface area contributed by atoms with Crippen molar-refractivity contribution in [2.24, 2.45) is 11.3 Å². The summed E-state index contributed by atoms with van der Waals surface area (Å²) in [5.74, 6) is 6.31. The standard InChI is InChI=1S/C32H42N4O3/c1-7-26-20-36(18-24-10-8-9-11-29(24)39-26)19-25-16-22(13-12-21(25)2)30(32(3,4)31(37)38-6)23-14-15-27(34-5)28(17-23)35-33/h8-17,26,30,34-35H,7,18-20,33H2,1-6H3/t26-,30?/m1/s1. The highest BCUT2D eigenvalue weighted by molar-refractivity contribution is 5.79. The summed E-state index contributed by atoms with van der Waals surface area (Å²) in [6.07, 6.45) is 1.08. The third-order valence-electron chi connectivity index (χ3n) is 7.91. The van der Waals surface area contributed by atoms with E-state index in [1.807, 2.05) is 39.1 Å². The first kappa shape index (κ1) is 28.5. The number of aryl methyl sites for hydroxylation is 1. The topological polar surface area (TPSA) is 88.8 Å². The first-order chi connectivity index (χ1) is 18.7. The van der Waals surface area contributed by atoms with Gasteiger partial charge >= 0.3 is 5.97 Å². The molecule has 1 aliphatic heterocycles.